The minimum absolute atomic E-state index is 0.231. The number of carbonyl (C=O) groups excluding carboxylic acids is 1. The lowest BCUT2D eigenvalue weighted by Crippen LogP contribution is -2.21. The summed E-state index contributed by atoms with van der Waals surface area (Å²) in [6.07, 6.45) is 1.46. The van der Waals surface area contributed by atoms with Crippen molar-refractivity contribution in [1.29, 1.82) is 0 Å². The number of hydrogen-bond acceptors (Lipinski definition) is 5. The topological polar surface area (TPSA) is 57.1 Å². The zero-order valence-corrected chi connectivity index (χ0v) is 10.6. The van der Waals surface area contributed by atoms with Crippen LogP contribution in [0.1, 0.15) is 26.3 Å². The lowest BCUT2D eigenvalue weighted by Gasteiger charge is -2.12. The van der Waals surface area contributed by atoms with Gasteiger partial charge in [0.2, 0.25) is 6.79 Å². The van der Waals surface area contributed by atoms with Gasteiger partial charge in [0, 0.05) is 5.56 Å². The molecule has 0 amide bonds. The normalized spacial score (nSPS) is 13.9. The van der Waals surface area contributed by atoms with Crippen LogP contribution in [-0.4, -0.2) is 19.0 Å². The van der Waals surface area contributed by atoms with Crippen molar-refractivity contribution < 1.29 is 19.1 Å². The fourth-order valence-corrected chi connectivity index (χ4v) is 1.27. The van der Waals surface area contributed by atoms with Crippen LogP contribution in [0.5, 0.6) is 11.5 Å². The molecule has 2 rings (SSSR count). The minimum atomic E-state index is -0.563. The van der Waals surface area contributed by atoms with E-state index in [1.54, 1.807) is 32.9 Å². The van der Waals surface area contributed by atoms with Crippen LogP contribution in [-0.2, 0) is 9.63 Å². The third kappa shape index (κ3) is 2.80. The van der Waals surface area contributed by atoms with Crippen LogP contribution in [0.15, 0.2) is 23.4 Å². The molecular weight excluding hydrogens is 234 g/mol. The highest BCUT2D eigenvalue weighted by Gasteiger charge is 2.23. The molecule has 0 saturated carbocycles. The van der Waals surface area contributed by atoms with Gasteiger partial charge in [-0.1, -0.05) is 5.16 Å². The van der Waals surface area contributed by atoms with E-state index >= 15 is 0 Å². The van der Waals surface area contributed by atoms with E-state index < -0.39 is 5.41 Å². The number of benzene rings is 1. The van der Waals surface area contributed by atoms with Crippen LogP contribution in [0.3, 0.4) is 0 Å². The van der Waals surface area contributed by atoms with Crippen LogP contribution in [0.4, 0.5) is 0 Å². The molecule has 0 aliphatic carbocycles. The molecule has 0 spiro atoms. The highest BCUT2D eigenvalue weighted by molar-refractivity contribution is 5.82. The molecule has 1 aromatic carbocycles. The predicted octanol–water partition coefficient (Wildman–Crippen LogP) is 2.34. The van der Waals surface area contributed by atoms with Gasteiger partial charge in [-0.15, -0.1) is 0 Å². The Morgan fingerprint density at radius 3 is 2.78 bits per heavy atom. The van der Waals surface area contributed by atoms with Gasteiger partial charge in [0.05, 0.1) is 11.6 Å². The first-order valence-corrected chi connectivity index (χ1v) is 5.61. The van der Waals surface area contributed by atoms with E-state index in [1.165, 1.54) is 6.21 Å². The molecule has 1 aliphatic rings. The molecule has 96 valence electrons. The van der Waals surface area contributed by atoms with Crippen LogP contribution < -0.4 is 9.47 Å². The Morgan fingerprint density at radius 1 is 1.33 bits per heavy atom. The maximum atomic E-state index is 11.5. The molecule has 0 unspecified atom stereocenters. The van der Waals surface area contributed by atoms with Gasteiger partial charge in [-0.2, -0.15) is 0 Å². The van der Waals surface area contributed by atoms with Gasteiger partial charge in [-0.05, 0) is 39.0 Å². The summed E-state index contributed by atoms with van der Waals surface area (Å²) < 4.78 is 10.4. The molecule has 0 radical (unpaired) electrons. The fraction of sp³-hybridized carbons (Fsp3) is 0.385. The number of hydrogen-bond donors (Lipinski definition) is 0. The van der Waals surface area contributed by atoms with Crippen molar-refractivity contribution >= 4 is 12.2 Å². The molecule has 0 saturated heterocycles. The summed E-state index contributed by atoms with van der Waals surface area (Å²) >= 11 is 0. The van der Waals surface area contributed by atoms with Crippen molar-refractivity contribution in [2.75, 3.05) is 6.79 Å². The first-order chi connectivity index (χ1) is 8.47. The van der Waals surface area contributed by atoms with Crippen LogP contribution in [0, 0.1) is 5.41 Å². The van der Waals surface area contributed by atoms with E-state index in [1.807, 2.05) is 6.07 Å². The molecule has 1 aromatic rings. The zero-order chi connectivity index (χ0) is 13.2. The Morgan fingerprint density at radius 2 is 2.06 bits per heavy atom. The number of fused-ring (bicyclic) bond motifs is 1. The molecule has 5 nitrogen and oxygen atoms in total. The maximum absolute atomic E-state index is 11.5. The lowest BCUT2D eigenvalue weighted by atomic mass is 9.98. The van der Waals surface area contributed by atoms with Gasteiger partial charge in [0.15, 0.2) is 11.5 Å². The summed E-state index contributed by atoms with van der Waals surface area (Å²) in [7, 11) is 0. The van der Waals surface area contributed by atoms with Crippen molar-refractivity contribution in [2.24, 2.45) is 10.6 Å². The third-order valence-electron chi connectivity index (χ3n) is 2.35. The molecule has 0 aromatic heterocycles. The maximum Gasteiger partial charge on any atom is 0.340 e. The summed E-state index contributed by atoms with van der Waals surface area (Å²) in [6, 6.07) is 5.37. The number of ether oxygens (including phenoxy) is 2. The van der Waals surface area contributed by atoms with Crippen molar-refractivity contribution in [3.8, 4) is 11.5 Å². The summed E-state index contributed by atoms with van der Waals surface area (Å²) in [6.45, 7) is 5.54. The van der Waals surface area contributed by atoms with E-state index in [9.17, 15) is 4.79 Å². The second-order valence-electron chi connectivity index (χ2n) is 4.98. The number of oxime groups is 1. The lowest BCUT2D eigenvalue weighted by molar-refractivity contribution is -0.152. The monoisotopic (exact) mass is 249 g/mol. The van der Waals surface area contributed by atoms with E-state index in [4.69, 9.17) is 14.3 Å². The van der Waals surface area contributed by atoms with Crippen LogP contribution >= 0.6 is 0 Å². The zero-order valence-electron chi connectivity index (χ0n) is 10.6. The standard InChI is InChI=1S/C13H15NO4/c1-13(2,3)12(15)18-14-7-9-4-5-10-11(6-9)17-8-16-10/h4-7H,8H2,1-3H3/b14-7+. The van der Waals surface area contributed by atoms with Gasteiger partial charge in [0.1, 0.15) is 0 Å². The van der Waals surface area contributed by atoms with Gasteiger partial charge < -0.3 is 14.3 Å². The Balaban J connectivity index is 2.00. The Labute approximate surface area is 105 Å². The van der Waals surface area contributed by atoms with E-state index in [0.717, 1.165) is 5.56 Å². The van der Waals surface area contributed by atoms with E-state index in [2.05, 4.69) is 5.16 Å². The number of rotatable bonds is 2. The molecule has 5 heteroatoms. The number of carbonyl (C=O) groups is 1. The van der Waals surface area contributed by atoms with E-state index in [0.29, 0.717) is 11.5 Å². The first-order valence-electron chi connectivity index (χ1n) is 5.61. The SMILES string of the molecule is CC(C)(C)C(=O)O/N=C/c1ccc2c(c1)OCO2. The molecule has 1 heterocycles. The van der Waals surface area contributed by atoms with Crippen LogP contribution in [0.2, 0.25) is 0 Å². The van der Waals surface area contributed by atoms with Gasteiger partial charge in [0.25, 0.3) is 0 Å². The second-order valence-corrected chi connectivity index (χ2v) is 4.98. The molecule has 0 N–H and O–H groups in total. The average molecular weight is 249 g/mol. The van der Waals surface area contributed by atoms with Crippen LogP contribution in [0.25, 0.3) is 0 Å². The summed E-state index contributed by atoms with van der Waals surface area (Å²) in [4.78, 5) is 16.2. The molecule has 0 atom stereocenters. The average Bonchev–Trinajstić information content (AvgIpc) is 2.74. The Hall–Kier alpha value is -2.04. The van der Waals surface area contributed by atoms with Crippen molar-refractivity contribution in [1.82, 2.24) is 0 Å². The molecule has 1 aliphatic heterocycles. The highest BCUT2D eigenvalue weighted by Crippen LogP contribution is 2.31. The van der Waals surface area contributed by atoms with Gasteiger partial charge in [-0.3, -0.25) is 0 Å². The predicted molar refractivity (Wildman–Crippen MR) is 65.7 cm³/mol. The minimum Gasteiger partial charge on any atom is -0.454 e. The third-order valence-corrected chi connectivity index (χ3v) is 2.35. The summed E-state index contributed by atoms with van der Waals surface area (Å²) in [5.41, 5.74) is 0.215. The van der Waals surface area contributed by atoms with Crippen molar-refractivity contribution in [3.63, 3.8) is 0 Å². The quantitative estimate of drug-likeness (QED) is 0.458. The largest absolute Gasteiger partial charge is 0.454 e. The number of nitrogens with zero attached hydrogens (tertiary/aromatic N) is 1. The molecule has 0 bridgehead atoms. The first kappa shape index (κ1) is 12.4. The smallest absolute Gasteiger partial charge is 0.340 e. The van der Waals surface area contributed by atoms with Crippen molar-refractivity contribution in [2.45, 2.75) is 20.8 Å². The Bertz CT molecular complexity index is 488. The summed E-state index contributed by atoms with van der Waals surface area (Å²) in [5, 5.41) is 3.66. The van der Waals surface area contributed by atoms with Gasteiger partial charge >= 0.3 is 5.97 Å². The molecule has 18 heavy (non-hydrogen) atoms. The van der Waals surface area contributed by atoms with E-state index in [-0.39, 0.29) is 12.8 Å². The molecular formula is C13H15NO4. The Kier molecular flexibility index (Phi) is 3.23. The second kappa shape index (κ2) is 4.68. The highest BCUT2D eigenvalue weighted by atomic mass is 16.7. The molecule has 0 fully saturated rings. The fourth-order valence-electron chi connectivity index (χ4n) is 1.27. The van der Waals surface area contributed by atoms with Crippen molar-refractivity contribution in [3.05, 3.63) is 23.8 Å². The summed E-state index contributed by atoms with van der Waals surface area (Å²) in [5.74, 6) is 0.999. The van der Waals surface area contributed by atoms with Gasteiger partial charge in [-0.25, -0.2) is 4.79 Å².